The summed E-state index contributed by atoms with van der Waals surface area (Å²) in [6.07, 6.45) is 5.33. The minimum atomic E-state index is 0.0900. The molecule has 3 N–H and O–H groups in total. The number of rotatable bonds is 2. The van der Waals surface area contributed by atoms with Gasteiger partial charge in [0.15, 0.2) is 0 Å². The smallest absolute Gasteiger partial charge is 0.146 e. The normalized spacial score (nSPS) is 18.4. The number of hydrogen-bond acceptors (Lipinski definition) is 2. The van der Waals surface area contributed by atoms with Crippen LogP contribution in [-0.2, 0) is 0 Å². The van der Waals surface area contributed by atoms with E-state index in [1.807, 2.05) is 6.08 Å². The molecule has 2 heteroatoms. The third kappa shape index (κ3) is 2.30. The van der Waals surface area contributed by atoms with Gasteiger partial charge in [-0.2, -0.15) is 0 Å². The van der Waals surface area contributed by atoms with E-state index in [9.17, 15) is 5.11 Å². The minimum absolute atomic E-state index is 0.0900. The van der Waals surface area contributed by atoms with Crippen molar-refractivity contribution in [3.8, 4) is 0 Å². The van der Waals surface area contributed by atoms with E-state index in [0.717, 1.165) is 5.57 Å². The zero-order chi connectivity index (χ0) is 10.7. The molecule has 0 bridgehead atoms. The fourth-order valence-electron chi connectivity index (χ4n) is 1.22. The molecule has 0 aromatic rings. The van der Waals surface area contributed by atoms with Crippen LogP contribution in [0.25, 0.3) is 0 Å². The molecular formula is C12H17NO. The Morgan fingerprint density at radius 3 is 2.57 bits per heavy atom. The molecule has 1 atom stereocenters. The lowest BCUT2D eigenvalue weighted by atomic mass is 9.90. The molecule has 2 nitrogen and oxygen atoms in total. The molecular weight excluding hydrogens is 174 g/mol. The van der Waals surface area contributed by atoms with Gasteiger partial charge < -0.3 is 10.8 Å². The van der Waals surface area contributed by atoms with Crippen LogP contribution in [0.5, 0.6) is 0 Å². The number of aliphatic hydroxyl groups is 1. The highest BCUT2D eigenvalue weighted by Crippen LogP contribution is 2.21. The van der Waals surface area contributed by atoms with Crippen molar-refractivity contribution in [2.75, 3.05) is 0 Å². The number of aliphatic hydroxyl groups excluding tert-OH is 1. The molecule has 0 heterocycles. The van der Waals surface area contributed by atoms with Crippen molar-refractivity contribution >= 4 is 0 Å². The van der Waals surface area contributed by atoms with Crippen molar-refractivity contribution in [1.82, 2.24) is 0 Å². The van der Waals surface area contributed by atoms with Gasteiger partial charge in [0.1, 0.15) is 11.5 Å². The Kier molecular flexibility index (Phi) is 3.21. The molecule has 0 amide bonds. The Balaban J connectivity index is 3.07. The molecule has 14 heavy (non-hydrogen) atoms. The molecule has 0 spiro atoms. The second-order valence-corrected chi connectivity index (χ2v) is 3.94. The Bertz CT molecular complexity index is 341. The van der Waals surface area contributed by atoms with Gasteiger partial charge in [-0.05, 0) is 23.5 Å². The highest BCUT2D eigenvalue weighted by atomic mass is 16.3. The lowest BCUT2D eigenvalue weighted by Crippen LogP contribution is -2.06. The van der Waals surface area contributed by atoms with Crippen LogP contribution >= 0.6 is 0 Å². The fraction of sp³-hybridized carbons (Fsp3) is 0.417. The van der Waals surface area contributed by atoms with Crippen molar-refractivity contribution in [2.45, 2.75) is 20.8 Å². The van der Waals surface area contributed by atoms with Crippen molar-refractivity contribution in [2.24, 2.45) is 17.6 Å². The molecule has 0 saturated carbocycles. The van der Waals surface area contributed by atoms with E-state index in [2.05, 4.69) is 26.5 Å². The van der Waals surface area contributed by atoms with Gasteiger partial charge in [0.2, 0.25) is 0 Å². The topological polar surface area (TPSA) is 46.2 Å². The first-order valence-corrected chi connectivity index (χ1v) is 4.86. The fourth-order valence-corrected chi connectivity index (χ4v) is 1.22. The van der Waals surface area contributed by atoms with Crippen molar-refractivity contribution in [3.05, 3.63) is 41.0 Å². The van der Waals surface area contributed by atoms with Crippen molar-refractivity contribution < 1.29 is 5.11 Å². The Morgan fingerprint density at radius 2 is 2.00 bits per heavy atom. The summed E-state index contributed by atoms with van der Waals surface area (Å²) in [5, 5.41) is 9.37. The van der Waals surface area contributed by atoms with Gasteiger partial charge in [0.05, 0.1) is 0 Å². The molecule has 0 aromatic heterocycles. The summed E-state index contributed by atoms with van der Waals surface area (Å²) in [6.45, 7) is 6.44. The minimum Gasteiger partial charge on any atom is -0.505 e. The summed E-state index contributed by atoms with van der Waals surface area (Å²) >= 11 is 0. The zero-order valence-electron chi connectivity index (χ0n) is 8.91. The molecule has 1 aliphatic rings. The number of hydrogen-bond donors (Lipinski definition) is 2. The molecule has 0 aromatic carbocycles. The van der Waals surface area contributed by atoms with E-state index in [1.165, 1.54) is 0 Å². The van der Waals surface area contributed by atoms with E-state index in [0.29, 0.717) is 17.5 Å². The SMILES string of the molecule is CC(C)C(C)C1=C=C(N)C(O)=CC=C1. The maximum absolute atomic E-state index is 9.37. The van der Waals surface area contributed by atoms with E-state index < -0.39 is 0 Å². The first kappa shape index (κ1) is 10.7. The molecule has 0 fully saturated rings. The molecule has 76 valence electrons. The van der Waals surface area contributed by atoms with Gasteiger partial charge in [-0.15, -0.1) is 0 Å². The predicted molar refractivity (Wildman–Crippen MR) is 58.6 cm³/mol. The largest absolute Gasteiger partial charge is 0.505 e. The van der Waals surface area contributed by atoms with Crippen LogP contribution in [0.3, 0.4) is 0 Å². The Morgan fingerprint density at radius 1 is 1.36 bits per heavy atom. The Hall–Kier alpha value is -1.40. The maximum Gasteiger partial charge on any atom is 0.146 e. The number of allylic oxidation sites excluding steroid dienone is 3. The average molecular weight is 191 g/mol. The van der Waals surface area contributed by atoms with E-state index in [4.69, 9.17) is 5.73 Å². The van der Waals surface area contributed by atoms with Gasteiger partial charge in [0.25, 0.3) is 0 Å². The van der Waals surface area contributed by atoms with Gasteiger partial charge in [-0.3, -0.25) is 0 Å². The highest BCUT2D eigenvalue weighted by Gasteiger charge is 2.11. The molecule has 1 rings (SSSR count). The van der Waals surface area contributed by atoms with Crippen molar-refractivity contribution in [1.29, 1.82) is 0 Å². The summed E-state index contributed by atoms with van der Waals surface area (Å²) in [5.41, 5.74) is 10.0. The zero-order valence-corrected chi connectivity index (χ0v) is 8.91. The van der Waals surface area contributed by atoms with Crippen LogP contribution in [0, 0.1) is 11.8 Å². The number of nitrogens with two attached hydrogens (primary N) is 1. The maximum atomic E-state index is 9.37. The molecule has 0 radical (unpaired) electrons. The van der Waals surface area contributed by atoms with Gasteiger partial charge >= 0.3 is 0 Å². The van der Waals surface area contributed by atoms with E-state index in [-0.39, 0.29) is 5.76 Å². The summed E-state index contributed by atoms with van der Waals surface area (Å²) in [4.78, 5) is 0. The van der Waals surface area contributed by atoms with Crippen LogP contribution in [0.1, 0.15) is 20.8 Å². The standard InChI is InChI=1S/C12H17NO/c1-8(2)9(3)10-5-4-6-12(14)11(13)7-10/h4-6,8-9,14H,13H2,1-3H3. The second-order valence-electron chi connectivity index (χ2n) is 3.94. The average Bonchev–Trinajstić information content (AvgIpc) is 2.28. The lowest BCUT2D eigenvalue weighted by molar-refractivity contribution is 0.422. The van der Waals surface area contributed by atoms with Gasteiger partial charge in [0, 0.05) is 0 Å². The first-order chi connectivity index (χ1) is 6.52. The lowest BCUT2D eigenvalue weighted by Gasteiger charge is -2.14. The summed E-state index contributed by atoms with van der Waals surface area (Å²) in [6, 6.07) is 0. The summed E-state index contributed by atoms with van der Waals surface area (Å²) in [5.74, 6) is 1.02. The van der Waals surface area contributed by atoms with Gasteiger partial charge in [-0.25, -0.2) is 0 Å². The molecule has 1 aliphatic carbocycles. The molecule has 0 saturated heterocycles. The Labute approximate surface area is 85.1 Å². The third-order valence-corrected chi connectivity index (χ3v) is 2.58. The van der Waals surface area contributed by atoms with Gasteiger partial charge in [-0.1, -0.05) is 38.7 Å². The summed E-state index contributed by atoms with van der Waals surface area (Å²) < 4.78 is 0. The third-order valence-electron chi connectivity index (χ3n) is 2.58. The monoisotopic (exact) mass is 191 g/mol. The van der Waals surface area contributed by atoms with E-state index >= 15 is 0 Å². The highest BCUT2D eigenvalue weighted by molar-refractivity contribution is 5.36. The van der Waals surface area contributed by atoms with Crippen LogP contribution in [0.4, 0.5) is 0 Å². The van der Waals surface area contributed by atoms with Crippen LogP contribution < -0.4 is 5.73 Å². The van der Waals surface area contributed by atoms with E-state index in [1.54, 1.807) is 12.2 Å². The first-order valence-electron chi connectivity index (χ1n) is 4.86. The molecule has 0 aliphatic heterocycles. The van der Waals surface area contributed by atoms with Crippen LogP contribution in [0.2, 0.25) is 0 Å². The summed E-state index contributed by atoms with van der Waals surface area (Å²) in [7, 11) is 0. The van der Waals surface area contributed by atoms with Crippen molar-refractivity contribution in [3.63, 3.8) is 0 Å². The quantitative estimate of drug-likeness (QED) is 0.659. The van der Waals surface area contributed by atoms with Crippen LogP contribution in [-0.4, -0.2) is 5.11 Å². The molecule has 1 unspecified atom stereocenters. The second kappa shape index (κ2) is 4.21. The predicted octanol–water partition coefficient (Wildman–Crippen LogP) is 2.66. The van der Waals surface area contributed by atoms with Crippen LogP contribution in [0.15, 0.2) is 41.0 Å².